The third-order valence-electron chi connectivity index (χ3n) is 34.0. The van der Waals surface area contributed by atoms with Crippen LogP contribution in [-0.2, 0) is 0 Å². The van der Waals surface area contributed by atoms with Crippen LogP contribution in [0.1, 0.15) is 67.7 Å². The molecule has 8 nitrogen and oxygen atoms in total. The Kier molecular flexibility index (Phi) is 15.6. The summed E-state index contributed by atoms with van der Waals surface area (Å²) in [6.45, 7) is 9.75. The molecule has 2 aliphatic heterocycles. The Balaban J connectivity index is 0.572. The minimum atomic E-state index is -0.0215. The largest absolute Gasteiger partial charge is 0.332 e. The molecule has 8 heteroatoms. The molecule has 31 aromatic rings. The number of rotatable bonds is 11. The van der Waals surface area contributed by atoms with Gasteiger partial charge in [0.1, 0.15) is 0 Å². The molecule has 0 N–H and O–H groups in total. The Bertz CT molecular complexity index is 11300. The van der Waals surface area contributed by atoms with Gasteiger partial charge in [0.05, 0.1) is 111 Å². The maximum absolute atomic E-state index is 2.80. The van der Waals surface area contributed by atoms with Crippen LogP contribution in [0, 0.1) is 0 Å². The second-order valence-electron chi connectivity index (χ2n) is 41.8. The first-order valence-corrected chi connectivity index (χ1v) is 51.6. The zero-order chi connectivity index (χ0) is 95.3. The molecule has 0 fully saturated rings. The first-order valence-electron chi connectivity index (χ1n) is 51.6. The van der Waals surface area contributed by atoms with Crippen LogP contribution in [0.3, 0.4) is 0 Å². The third kappa shape index (κ3) is 9.98. The van der Waals surface area contributed by atoms with Crippen molar-refractivity contribution in [3.05, 3.63) is 459 Å². The van der Waals surface area contributed by atoms with Gasteiger partial charge in [-0.2, -0.15) is 0 Å². The lowest BCUT2D eigenvalue weighted by Crippen LogP contribution is -2.26. The van der Waals surface area contributed by atoms with Crippen LogP contribution in [0.4, 0.5) is 11.4 Å². The van der Waals surface area contributed by atoms with Crippen molar-refractivity contribution >= 4 is 218 Å². The summed E-state index contributed by atoms with van der Waals surface area (Å²) in [5, 5.41) is 25.4. The van der Waals surface area contributed by atoms with Gasteiger partial charge in [-0.3, -0.25) is 0 Å². The number of para-hydroxylation sites is 7. The summed E-state index contributed by atoms with van der Waals surface area (Å²) in [6.07, 6.45) is 7.37. The van der Waals surface area contributed by atoms with Gasteiger partial charge in [0, 0.05) is 153 Å². The summed E-state index contributed by atoms with van der Waals surface area (Å²) >= 11 is 0. The molecule has 2 unspecified atom stereocenters. The van der Waals surface area contributed by atoms with Crippen molar-refractivity contribution in [3.63, 3.8) is 0 Å². The number of allylic oxidation sites excluding steroid dienone is 2. The quantitative estimate of drug-likeness (QED) is 0.127. The van der Waals surface area contributed by atoms with Crippen LogP contribution in [0.2, 0.25) is 0 Å². The maximum atomic E-state index is 2.80. The monoisotopic (exact) mass is 1860 g/mol. The summed E-state index contributed by atoms with van der Waals surface area (Å²) in [4.78, 5) is 2.80. The average molecular weight is 1860 g/mol. The summed E-state index contributed by atoms with van der Waals surface area (Å²) in [6, 6.07) is 159. The predicted octanol–water partition coefficient (Wildman–Crippen LogP) is 36.7. The van der Waals surface area contributed by atoms with Gasteiger partial charge in [0.15, 0.2) is 0 Å². The molecule has 3 aliphatic rings. The van der Waals surface area contributed by atoms with E-state index in [9.17, 15) is 0 Å². The highest BCUT2D eigenvalue weighted by atomic mass is 15.2. The summed E-state index contributed by atoms with van der Waals surface area (Å²) < 4.78 is 18.4. The molecule has 0 spiro atoms. The predicted molar refractivity (Wildman–Crippen MR) is 615 cm³/mol. The smallest absolute Gasteiger partial charge is 0.0703 e. The molecule has 10 aromatic heterocycles. The van der Waals surface area contributed by atoms with Crippen molar-refractivity contribution in [1.29, 1.82) is 0 Å². The standard InChI is InChI=1S/C138H88N8/c1-77(2)115-124-103-54-29-50-99-120-112(144(128(99)103)136(124)116(78(3)4)123-102-53-28-49-98-119-111(143(127(98)102)135(115)123)70-65-94-91-46-20-23-57-107(91)139(131(94)119)87-42-18-9-19-43-87)71-66-95-92-47-21-24-58-108(92)140(132(95)120)88-63-60-81(61-64-88)86-62-69-110-106(76-86)97-68-73-114-122(134(97)142(110)90-45-27-41-85(75-90)80-34-12-6-13-35-80)101-52-31-56-105-126-117(82-36-14-7-15-37-82)137-125(118(83-38-16-8-17-39-83)138(126)146(114)130(101)105)104-55-30-51-100-121-113(145(137)129(100)104)72-67-96-93-48-22-25-59-109(93)141(133(96)121)89-44-26-40-84(74-89)79-32-10-5-11-33-79/h5-78,104,129H,1-4H3. The van der Waals surface area contributed by atoms with E-state index in [1.54, 1.807) is 0 Å². The molecule has 21 aromatic carbocycles. The zero-order valence-electron chi connectivity index (χ0n) is 80.5. The van der Waals surface area contributed by atoms with Crippen molar-refractivity contribution in [3.8, 4) is 78.4 Å². The number of nitrogens with zero attached hydrogens (tertiary/aromatic N) is 8. The van der Waals surface area contributed by atoms with Gasteiger partial charge in [-0.25, -0.2) is 0 Å². The summed E-state index contributed by atoms with van der Waals surface area (Å²) in [5.74, 6) is 0.334. The zero-order valence-corrected chi connectivity index (χ0v) is 80.5. The fourth-order valence-corrected chi connectivity index (χ4v) is 28.6. The van der Waals surface area contributed by atoms with Crippen LogP contribution in [0.5, 0.6) is 0 Å². The summed E-state index contributed by atoms with van der Waals surface area (Å²) in [7, 11) is 0. The maximum Gasteiger partial charge on any atom is 0.0703 e. The van der Waals surface area contributed by atoms with Gasteiger partial charge in [-0.1, -0.05) is 361 Å². The Morgan fingerprint density at radius 2 is 0.555 bits per heavy atom. The minimum Gasteiger partial charge on any atom is -0.332 e. The number of aromatic nitrogens is 7. The van der Waals surface area contributed by atoms with Gasteiger partial charge < -0.3 is 36.4 Å². The first kappa shape index (κ1) is 79.2. The average Bonchev–Trinajstić information content (AvgIpc) is 1.49. The molecule has 34 rings (SSSR count). The Labute approximate surface area is 837 Å². The second kappa shape index (κ2) is 28.7. The van der Waals surface area contributed by atoms with E-state index < -0.39 is 0 Å². The van der Waals surface area contributed by atoms with Crippen molar-refractivity contribution in [1.82, 2.24) is 31.5 Å². The Morgan fingerprint density at radius 1 is 0.212 bits per heavy atom. The molecule has 1 aliphatic carbocycles. The van der Waals surface area contributed by atoms with E-state index >= 15 is 0 Å². The number of anilines is 2. The van der Waals surface area contributed by atoms with Crippen molar-refractivity contribution in [2.24, 2.45) is 0 Å². The van der Waals surface area contributed by atoms with Crippen molar-refractivity contribution < 1.29 is 0 Å². The molecule has 0 radical (unpaired) electrons. The van der Waals surface area contributed by atoms with E-state index in [-0.39, 0.29) is 23.8 Å². The van der Waals surface area contributed by atoms with E-state index in [0.717, 1.165) is 33.7 Å². The molecule has 0 saturated heterocycles. The highest BCUT2D eigenvalue weighted by Gasteiger charge is 2.52. The highest BCUT2D eigenvalue weighted by molar-refractivity contribution is 6.39. The molecular weight excluding hydrogens is 1770 g/mol. The van der Waals surface area contributed by atoms with Gasteiger partial charge in [-0.15, -0.1) is 0 Å². The molecule has 0 saturated carbocycles. The van der Waals surface area contributed by atoms with Crippen LogP contribution in [0.25, 0.3) is 285 Å². The van der Waals surface area contributed by atoms with E-state index in [1.165, 1.54) is 285 Å². The molecule has 0 amide bonds. The molecular formula is C138H88N8. The van der Waals surface area contributed by atoms with Crippen LogP contribution < -0.4 is 4.90 Å². The lowest BCUT2D eigenvalue weighted by atomic mass is 9.79. The van der Waals surface area contributed by atoms with E-state index in [1.807, 2.05) is 0 Å². The fourth-order valence-electron chi connectivity index (χ4n) is 28.6. The number of hydrogen-bond donors (Lipinski definition) is 0. The van der Waals surface area contributed by atoms with Crippen molar-refractivity contribution in [2.45, 2.75) is 51.5 Å². The molecule has 680 valence electrons. The van der Waals surface area contributed by atoms with Crippen LogP contribution >= 0.6 is 0 Å². The van der Waals surface area contributed by atoms with Gasteiger partial charge in [0.25, 0.3) is 0 Å². The topological polar surface area (TPSA) is 36.2 Å². The molecule has 146 heavy (non-hydrogen) atoms. The van der Waals surface area contributed by atoms with Gasteiger partial charge >= 0.3 is 0 Å². The van der Waals surface area contributed by atoms with Crippen molar-refractivity contribution in [2.75, 3.05) is 4.90 Å². The van der Waals surface area contributed by atoms with Gasteiger partial charge in [0.2, 0.25) is 0 Å². The fraction of sp³-hybridized carbons (Fsp3) is 0.0580. The Morgan fingerprint density at radius 3 is 1.05 bits per heavy atom. The van der Waals surface area contributed by atoms with Crippen LogP contribution in [-0.4, -0.2) is 37.5 Å². The van der Waals surface area contributed by atoms with E-state index in [0.29, 0.717) is 0 Å². The molecule has 0 bridgehead atoms. The molecule has 12 heterocycles. The molecule has 2 atom stereocenters. The van der Waals surface area contributed by atoms with Gasteiger partial charge in [-0.05, 0) is 182 Å². The second-order valence-corrected chi connectivity index (χ2v) is 41.8. The third-order valence-corrected chi connectivity index (χ3v) is 34.0. The number of hydrogen-bond acceptors (Lipinski definition) is 1. The normalized spacial score (nSPS) is 14.4. The lowest BCUT2D eigenvalue weighted by Gasteiger charge is -2.26. The number of fused-ring (bicyclic) bond motifs is 40. The highest BCUT2D eigenvalue weighted by Crippen LogP contribution is 2.67. The van der Waals surface area contributed by atoms with Crippen LogP contribution in [0.15, 0.2) is 437 Å². The Hall–Kier alpha value is -18.5. The minimum absolute atomic E-state index is 0.0152. The number of benzene rings is 21. The van der Waals surface area contributed by atoms with E-state index in [4.69, 9.17) is 0 Å². The SMILES string of the molecule is CC(C)c1c2c3cccc4c5c6c(ccc5n(c2c(C(C)C)c2c5cccc7c8c9c(ccc8n(c12)c57)c1ccccc1n9-c1ccc(-c2ccc5c(c2)c2ccc7c(c8cccc9c%10c(-c%11ccccc%11)c%11c(c(-c%12ccccc%12)c%10n7c98)C7C=CC=C8c9c(ccc%10c%12ccccc%12n(-c%12cccc(-c%13ccccc%13)c%12)c9%10)N%11C87)c2n5-c2cccc(-c5ccccc5)c2)cc1)c34)c1ccccc1n6-c1ccccc1. The van der Waals surface area contributed by atoms with E-state index in [2.05, 4.69) is 501 Å². The first-order chi connectivity index (χ1) is 72.2. The summed E-state index contributed by atoms with van der Waals surface area (Å²) in [5.41, 5.74) is 46.9. The lowest BCUT2D eigenvalue weighted by molar-refractivity contribution is 0.782.